The van der Waals surface area contributed by atoms with Gasteiger partial charge >= 0.3 is 12.1 Å². The third-order valence-corrected chi connectivity index (χ3v) is 9.43. The minimum atomic E-state index is -1.75. The first-order valence-corrected chi connectivity index (χ1v) is 16.5. The summed E-state index contributed by atoms with van der Waals surface area (Å²) in [5.41, 5.74) is 1.01. The van der Waals surface area contributed by atoms with E-state index in [-0.39, 0.29) is 22.9 Å². The Bertz CT molecular complexity index is 1770. The number of benzene rings is 2. The van der Waals surface area contributed by atoms with Gasteiger partial charge in [0.1, 0.15) is 28.5 Å². The fraction of sp³-hybridized carbons (Fsp3) is 0.324. The normalized spacial score (nSPS) is 22.0. The highest BCUT2D eigenvalue weighted by Gasteiger charge is 2.58. The summed E-state index contributed by atoms with van der Waals surface area (Å²) in [5, 5.41) is 5.41. The van der Waals surface area contributed by atoms with Gasteiger partial charge in [0.2, 0.25) is 0 Å². The number of hydrogen-bond donors (Lipinski definition) is 1. The van der Waals surface area contributed by atoms with Crippen LogP contribution in [0.3, 0.4) is 0 Å². The van der Waals surface area contributed by atoms with Crippen LogP contribution in [0.25, 0.3) is 0 Å². The van der Waals surface area contributed by atoms with Crippen molar-refractivity contribution in [3.8, 4) is 0 Å². The van der Waals surface area contributed by atoms with Gasteiger partial charge in [0.05, 0.1) is 16.6 Å². The number of ether oxygens (including phenoxy) is 2. The molecule has 2 fully saturated rings. The molecule has 0 spiro atoms. The summed E-state index contributed by atoms with van der Waals surface area (Å²) in [6.45, 7) is 7.09. The Labute approximate surface area is 273 Å². The van der Waals surface area contributed by atoms with Crippen molar-refractivity contribution in [2.24, 2.45) is 0 Å². The lowest BCUT2D eigenvalue weighted by molar-refractivity contribution is -0.153. The highest BCUT2D eigenvalue weighted by atomic mass is 32.2. The lowest BCUT2D eigenvalue weighted by Gasteiger charge is -2.49. The number of fused-ring (bicyclic) bond motifs is 1. The maximum Gasteiger partial charge on any atom is 0.408 e. The molecule has 3 aromatic rings. The van der Waals surface area contributed by atoms with Crippen molar-refractivity contribution >= 4 is 40.5 Å². The van der Waals surface area contributed by atoms with Crippen LogP contribution in [0.1, 0.15) is 50.2 Å². The Morgan fingerprint density at radius 2 is 1.70 bits per heavy atom. The largest absolute Gasteiger partial charge is 0.448 e. The minimum absolute atomic E-state index is 0.130. The van der Waals surface area contributed by atoms with Gasteiger partial charge in [-0.15, -0.1) is 0 Å². The van der Waals surface area contributed by atoms with Crippen LogP contribution >= 0.6 is 0 Å². The second-order valence-corrected chi connectivity index (χ2v) is 13.9. The van der Waals surface area contributed by atoms with E-state index < -0.39 is 51.9 Å². The van der Waals surface area contributed by atoms with Crippen LogP contribution in [0, 0.1) is 6.92 Å². The van der Waals surface area contributed by atoms with E-state index in [0.717, 1.165) is 4.90 Å². The van der Waals surface area contributed by atoms with E-state index in [1.54, 1.807) is 33.8 Å². The van der Waals surface area contributed by atoms with Crippen molar-refractivity contribution in [3.63, 3.8) is 0 Å². The molecule has 1 unspecified atom stereocenters. The van der Waals surface area contributed by atoms with E-state index in [9.17, 15) is 23.4 Å². The molecule has 1 aromatic heterocycles. The molecule has 12 nitrogen and oxygen atoms in total. The molecule has 3 aliphatic heterocycles. The second kappa shape index (κ2) is 12.6. The number of alkyl carbamates (subject to hydrolysis) is 1. The average molecular weight is 659 g/mol. The van der Waals surface area contributed by atoms with E-state index in [2.05, 4.69) is 10.5 Å². The molecule has 6 rings (SSSR count). The molecule has 2 aromatic carbocycles. The topological polar surface area (TPSA) is 148 Å². The van der Waals surface area contributed by atoms with Gasteiger partial charge in [0, 0.05) is 18.2 Å². The summed E-state index contributed by atoms with van der Waals surface area (Å²) in [4.78, 5) is 56.4. The van der Waals surface area contributed by atoms with Gasteiger partial charge in [-0.25, -0.2) is 9.59 Å². The molecule has 0 aliphatic carbocycles. The van der Waals surface area contributed by atoms with E-state index in [0.29, 0.717) is 41.2 Å². The van der Waals surface area contributed by atoms with Crippen LogP contribution in [-0.4, -0.2) is 67.5 Å². The van der Waals surface area contributed by atoms with Crippen LogP contribution in [0.5, 0.6) is 0 Å². The van der Waals surface area contributed by atoms with E-state index >= 15 is 0 Å². The zero-order chi connectivity index (χ0) is 33.5. The van der Waals surface area contributed by atoms with Crippen LogP contribution < -0.4 is 10.2 Å². The predicted octanol–water partition coefficient (Wildman–Crippen LogP) is 4.06. The monoisotopic (exact) mass is 658 g/mol. The first-order valence-electron chi connectivity index (χ1n) is 15.1. The van der Waals surface area contributed by atoms with Crippen molar-refractivity contribution < 1.29 is 37.4 Å². The van der Waals surface area contributed by atoms with Crippen molar-refractivity contribution in [2.45, 2.75) is 57.2 Å². The number of β-lactam (4-membered cyclic amide) rings is 1. The average Bonchev–Trinajstić information content (AvgIpc) is 3.62. The molecular formula is C34H34N4O8S. The Kier molecular flexibility index (Phi) is 8.58. The summed E-state index contributed by atoms with van der Waals surface area (Å²) in [5.74, 6) is -1.09. The van der Waals surface area contributed by atoms with Gasteiger partial charge in [-0.1, -0.05) is 65.8 Å². The Balaban J connectivity index is 1.37. The molecule has 13 heteroatoms. The maximum atomic E-state index is 14.2. The first kappa shape index (κ1) is 31.9. The molecule has 47 heavy (non-hydrogen) atoms. The van der Waals surface area contributed by atoms with Crippen molar-refractivity contribution in [1.82, 2.24) is 15.4 Å². The van der Waals surface area contributed by atoms with Gasteiger partial charge in [-0.05, 0) is 56.9 Å². The summed E-state index contributed by atoms with van der Waals surface area (Å²) in [7, 11) is -1.75. The molecule has 3 atom stereocenters. The summed E-state index contributed by atoms with van der Waals surface area (Å²) in [6, 6.07) is 18.8. The molecule has 3 aliphatic rings. The van der Waals surface area contributed by atoms with Gasteiger partial charge in [0.25, 0.3) is 11.8 Å². The van der Waals surface area contributed by atoms with E-state index in [1.807, 2.05) is 60.7 Å². The standard InChI is InChI=1S/C34H34N4O8S/c1-20-17-25(36-46-20)37-16-15-23(29(37)39)18-24-19-47(43)31-26(35-33(42)45-34(2,3)4)30(40)38(31)27(24)32(41)44-28(21-11-7-5-8-12-21)22-13-9-6-10-14-22/h5-14,17-18,26,28,31H,15-16,19H2,1-4H3,(H,35,42)/b23-18+/t26-,31-,47?/m1/s1. The second-order valence-electron chi connectivity index (χ2n) is 12.4. The zero-order valence-corrected chi connectivity index (χ0v) is 27.1. The van der Waals surface area contributed by atoms with Crippen LogP contribution in [-0.2, 0) is 34.7 Å². The van der Waals surface area contributed by atoms with E-state index in [4.69, 9.17) is 14.0 Å². The quantitative estimate of drug-likeness (QED) is 0.225. The predicted molar refractivity (Wildman–Crippen MR) is 171 cm³/mol. The van der Waals surface area contributed by atoms with Crippen molar-refractivity contribution in [3.05, 3.63) is 107 Å². The van der Waals surface area contributed by atoms with E-state index in [1.165, 1.54) is 11.0 Å². The molecular weight excluding hydrogens is 624 g/mol. The SMILES string of the molecule is Cc1cc(N2CC/C(=C\C3=C(C(=O)OC(c4ccccc4)c4ccccc4)N4C(=O)[C@@H](NC(=O)OC(C)(C)C)[C@H]4S(=O)C3)C2=O)no1. The number of anilines is 1. The number of aromatic nitrogens is 1. The Morgan fingerprint density at radius 3 is 2.28 bits per heavy atom. The first-order chi connectivity index (χ1) is 22.4. The van der Waals surface area contributed by atoms with Crippen LogP contribution in [0.15, 0.2) is 94.2 Å². The fourth-order valence-electron chi connectivity index (χ4n) is 5.74. The number of nitrogens with zero attached hydrogens (tertiary/aromatic N) is 3. The summed E-state index contributed by atoms with van der Waals surface area (Å²) < 4.78 is 30.3. The molecule has 1 N–H and O–H groups in total. The summed E-state index contributed by atoms with van der Waals surface area (Å²) >= 11 is 0. The Morgan fingerprint density at radius 1 is 1.06 bits per heavy atom. The lowest BCUT2D eigenvalue weighted by atomic mass is 10.00. The number of aryl methyl sites for hydroxylation is 1. The number of hydrogen-bond acceptors (Lipinski definition) is 9. The molecule has 4 heterocycles. The molecule has 0 bridgehead atoms. The lowest BCUT2D eigenvalue weighted by Crippen LogP contribution is -2.73. The number of rotatable bonds is 7. The zero-order valence-electron chi connectivity index (χ0n) is 26.3. The third-order valence-electron chi connectivity index (χ3n) is 7.82. The van der Waals surface area contributed by atoms with Gasteiger partial charge in [0.15, 0.2) is 11.9 Å². The smallest absolute Gasteiger partial charge is 0.408 e. The highest BCUT2D eigenvalue weighted by Crippen LogP contribution is 2.38. The van der Waals surface area contributed by atoms with Gasteiger partial charge in [-0.3, -0.25) is 23.6 Å². The molecule has 0 radical (unpaired) electrons. The molecule has 3 amide bonds. The molecule has 2 saturated heterocycles. The van der Waals surface area contributed by atoms with Gasteiger partial charge < -0.3 is 19.3 Å². The number of allylic oxidation sites excluding steroid dienone is 1. The molecule has 0 saturated carbocycles. The third kappa shape index (κ3) is 6.48. The highest BCUT2D eigenvalue weighted by molar-refractivity contribution is 7.86. The fourth-order valence-corrected chi connectivity index (χ4v) is 7.37. The molecule has 244 valence electrons. The Hall–Kier alpha value is -5.04. The van der Waals surface area contributed by atoms with Crippen molar-refractivity contribution in [1.29, 1.82) is 0 Å². The van der Waals surface area contributed by atoms with Crippen molar-refractivity contribution in [2.75, 3.05) is 17.2 Å². The minimum Gasteiger partial charge on any atom is -0.448 e. The maximum absolute atomic E-state index is 14.2. The summed E-state index contributed by atoms with van der Waals surface area (Å²) in [6.07, 6.45) is 0.159. The number of carbonyl (C=O) groups is 4. The van der Waals surface area contributed by atoms with Gasteiger partial charge in [-0.2, -0.15) is 0 Å². The number of nitrogens with one attached hydrogen (secondary N) is 1. The number of esters is 1. The number of amides is 3. The number of carbonyl (C=O) groups excluding carboxylic acids is 4. The van der Waals surface area contributed by atoms with Crippen LogP contribution in [0.4, 0.5) is 10.6 Å². The van der Waals surface area contributed by atoms with Crippen LogP contribution in [0.2, 0.25) is 0 Å².